The van der Waals surface area contributed by atoms with Gasteiger partial charge < -0.3 is 23.5 Å². The first-order chi connectivity index (χ1) is 14.5. The van der Waals surface area contributed by atoms with E-state index >= 15 is 0 Å². The zero-order chi connectivity index (χ0) is 21.1. The molecule has 0 saturated heterocycles. The fourth-order valence-corrected chi connectivity index (χ4v) is 3.33. The number of hydrogen-bond donors (Lipinski definition) is 0. The van der Waals surface area contributed by atoms with Crippen LogP contribution < -0.4 is 9.47 Å². The highest BCUT2D eigenvalue weighted by Gasteiger charge is 2.17. The van der Waals surface area contributed by atoms with E-state index in [1.165, 1.54) is 4.90 Å². The number of hydrogen-bond acceptors (Lipinski definition) is 6. The highest BCUT2D eigenvalue weighted by atomic mass is 16.6. The van der Waals surface area contributed by atoms with Crippen molar-refractivity contribution in [1.29, 1.82) is 0 Å². The Hall–Kier alpha value is -3.48. The Morgan fingerprint density at radius 3 is 2.70 bits per heavy atom. The number of likely N-dealkylation sites (N-methyl/N-ethyl adjacent to an activating group) is 1. The Morgan fingerprint density at radius 1 is 1.07 bits per heavy atom. The smallest absolute Gasteiger partial charge is 0.310 e. The molecule has 4 rings (SSSR count). The molecule has 2 heterocycles. The molecule has 3 aromatic rings. The quantitative estimate of drug-likeness (QED) is 0.582. The molecule has 0 spiro atoms. The molecule has 1 aliphatic heterocycles. The summed E-state index contributed by atoms with van der Waals surface area (Å²) in [5.41, 5.74) is 3.46. The average molecular weight is 409 g/mol. The maximum absolute atomic E-state index is 12.4. The van der Waals surface area contributed by atoms with Crippen LogP contribution in [-0.4, -0.2) is 43.6 Å². The number of furan rings is 1. The Kier molecular flexibility index (Phi) is 5.61. The summed E-state index contributed by atoms with van der Waals surface area (Å²) in [5.74, 6) is 0.619. The van der Waals surface area contributed by atoms with E-state index in [1.807, 2.05) is 43.3 Å². The third-order valence-electron chi connectivity index (χ3n) is 4.95. The van der Waals surface area contributed by atoms with Crippen LogP contribution in [-0.2, 0) is 27.3 Å². The maximum Gasteiger partial charge on any atom is 0.310 e. The van der Waals surface area contributed by atoms with E-state index in [-0.39, 0.29) is 18.9 Å². The van der Waals surface area contributed by atoms with Crippen molar-refractivity contribution < 1.29 is 28.2 Å². The molecule has 156 valence electrons. The highest BCUT2D eigenvalue weighted by molar-refractivity contribution is 5.87. The molecule has 0 unspecified atom stereocenters. The number of amides is 1. The molecule has 0 radical (unpaired) electrons. The summed E-state index contributed by atoms with van der Waals surface area (Å²) in [6.07, 6.45) is 1.61. The molecule has 30 heavy (non-hydrogen) atoms. The van der Waals surface area contributed by atoms with E-state index in [0.29, 0.717) is 31.3 Å². The fourth-order valence-electron chi connectivity index (χ4n) is 3.33. The molecule has 0 aliphatic carbocycles. The van der Waals surface area contributed by atoms with Crippen LogP contribution in [0.3, 0.4) is 0 Å². The summed E-state index contributed by atoms with van der Waals surface area (Å²) in [7, 11) is 1.67. The standard InChI is InChI=1S/C23H23NO6/c1-15-3-5-18-17(13-29-20(18)9-15)11-23(26)30-14-22(25)24(2)12-16-4-6-19-21(10-16)28-8-7-27-19/h3-6,9-10,13H,7-8,11-12,14H2,1-2H3. The van der Waals surface area contributed by atoms with Crippen LogP contribution in [0, 0.1) is 6.92 Å². The first-order valence-electron chi connectivity index (χ1n) is 9.74. The highest BCUT2D eigenvalue weighted by Crippen LogP contribution is 2.31. The number of fused-ring (bicyclic) bond motifs is 2. The normalized spacial score (nSPS) is 12.6. The maximum atomic E-state index is 12.4. The van der Waals surface area contributed by atoms with Crippen LogP contribution in [0.15, 0.2) is 47.1 Å². The molecular weight excluding hydrogens is 386 g/mol. The summed E-state index contributed by atoms with van der Waals surface area (Å²) in [4.78, 5) is 26.1. The lowest BCUT2D eigenvalue weighted by Crippen LogP contribution is -2.31. The largest absolute Gasteiger partial charge is 0.486 e. The second kappa shape index (κ2) is 8.49. The fraction of sp³-hybridized carbons (Fsp3) is 0.304. The van der Waals surface area contributed by atoms with Crippen LogP contribution in [0.4, 0.5) is 0 Å². The summed E-state index contributed by atoms with van der Waals surface area (Å²) in [5, 5.41) is 0.875. The van der Waals surface area contributed by atoms with Crippen molar-refractivity contribution in [3.8, 4) is 11.5 Å². The number of aryl methyl sites for hydroxylation is 1. The SMILES string of the molecule is Cc1ccc2c(CC(=O)OCC(=O)N(C)Cc3ccc4c(c3)OCCO4)coc2c1. The summed E-state index contributed by atoms with van der Waals surface area (Å²) in [6, 6.07) is 11.4. The van der Waals surface area contributed by atoms with Gasteiger partial charge in [-0.1, -0.05) is 18.2 Å². The number of benzene rings is 2. The third-order valence-corrected chi connectivity index (χ3v) is 4.95. The van der Waals surface area contributed by atoms with Crippen LogP contribution in [0.1, 0.15) is 16.7 Å². The molecule has 7 nitrogen and oxygen atoms in total. The molecule has 0 N–H and O–H groups in total. The minimum absolute atomic E-state index is 0.0508. The third kappa shape index (κ3) is 4.40. The Labute approximate surface area is 174 Å². The van der Waals surface area contributed by atoms with E-state index in [0.717, 1.165) is 27.7 Å². The van der Waals surface area contributed by atoms with Gasteiger partial charge >= 0.3 is 5.97 Å². The van der Waals surface area contributed by atoms with Gasteiger partial charge in [0.25, 0.3) is 5.91 Å². The summed E-state index contributed by atoms with van der Waals surface area (Å²) >= 11 is 0. The van der Waals surface area contributed by atoms with Gasteiger partial charge in [-0.05, 0) is 36.2 Å². The van der Waals surface area contributed by atoms with Gasteiger partial charge in [-0.2, -0.15) is 0 Å². The van der Waals surface area contributed by atoms with Crippen molar-refractivity contribution in [1.82, 2.24) is 4.90 Å². The second-order valence-corrected chi connectivity index (χ2v) is 7.33. The van der Waals surface area contributed by atoms with Gasteiger partial charge in [0.2, 0.25) is 0 Å². The van der Waals surface area contributed by atoms with Crippen molar-refractivity contribution in [2.45, 2.75) is 19.9 Å². The van der Waals surface area contributed by atoms with Crippen molar-refractivity contribution in [2.75, 3.05) is 26.9 Å². The van der Waals surface area contributed by atoms with E-state index in [2.05, 4.69) is 0 Å². The molecule has 1 amide bonds. The van der Waals surface area contributed by atoms with Crippen molar-refractivity contribution >= 4 is 22.8 Å². The molecule has 0 saturated carbocycles. The number of esters is 1. The minimum Gasteiger partial charge on any atom is -0.486 e. The van der Waals surface area contributed by atoms with E-state index in [4.69, 9.17) is 18.6 Å². The average Bonchev–Trinajstić information content (AvgIpc) is 3.13. The monoisotopic (exact) mass is 409 g/mol. The lowest BCUT2D eigenvalue weighted by molar-refractivity contribution is -0.151. The number of carbonyl (C=O) groups is 2. The van der Waals surface area contributed by atoms with Gasteiger partial charge in [0.05, 0.1) is 12.7 Å². The van der Waals surface area contributed by atoms with Crippen molar-refractivity contribution in [3.05, 3.63) is 59.4 Å². The zero-order valence-electron chi connectivity index (χ0n) is 17.0. The molecule has 1 aromatic heterocycles. The molecule has 2 aromatic carbocycles. The number of carbonyl (C=O) groups excluding carboxylic acids is 2. The first kappa shape index (κ1) is 19.8. The van der Waals surface area contributed by atoms with Gasteiger partial charge in [-0.25, -0.2) is 0 Å². The van der Waals surface area contributed by atoms with Gasteiger partial charge in [-0.15, -0.1) is 0 Å². The van der Waals surface area contributed by atoms with Crippen molar-refractivity contribution in [2.24, 2.45) is 0 Å². The predicted molar refractivity (Wildman–Crippen MR) is 110 cm³/mol. The van der Waals surface area contributed by atoms with Gasteiger partial charge in [0.15, 0.2) is 18.1 Å². The molecule has 1 aliphatic rings. The molecule has 0 atom stereocenters. The van der Waals surface area contributed by atoms with E-state index in [1.54, 1.807) is 13.3 Å². The van der Waals surface area contributed by atoms with Crippen molar-refractivity contribution in [3.63, 3.8) is 0 Å². The molecule has 0 fully saturated rings. The molecular formula is C23H23NO6. The predicted octanol–water partition coefficient (Wildman–Crippen LogP) is 3.26. The lowest BCUT2D eigenvalue weighted by Gasteiger charge is -2.21. The Morgan fingerprint density at radius 2 is 1.87 bits per heavy atom. The van der Waals surface area contributed by atoms with Crippen LogP contribution >= 0.6 is 0 Å². The summed E-state index contributed by atoms with van der Waals surface area (Å²) in [6.45, 7) is 3.08. The second-order valence-electron chi connectivity index (χ2n) is 7.33. The minimum atomic E-state index is -0.473. The van der Waals surface area contributed by atoms with Gasteiger partial charge in [-0.3, -0.25) is 9.59 Å². The first-order valence-corrected chi connectivity index (χ1v) is 9.74. The number of rotatable bonds is 6. The topological polar surface area (TPSA) is 78.2 Å². The van der Waals surface area contributed by atoms with Crippen LogP contribution in [0.2, 0.25) is 0 Å². The summed E-state index contributed by atoms with van der Waals surface area (Å²) < 4.78 is 21.7. The van der Waals surface area contributed by atoms with Gasteiger partial charge in [0.1, 0.15) is 18.8 Å². The number of ether oxygens (including phenoxy) is 3. The Balaban J connectivity index is 1.29. The van der Waals surface area contributed by atoms with Crippen LogP contribution in [0.25, 0.3) is 11.0 Å². The van der Waals surface area contributed by atoms with Crippen LogP contribution in [0.5, 0.6) is 11.5 Å². The molecule has 7 heteroatoms. The van der Waals surface area contributed by atoms with Gasteiger partial charge in [0, 0.05) is 24.5 Å². The number of nitrogens with zero attached hydrogens (tertiary/aromatic N) is 1. The van der Waals surface area contributed by atoms with E-state index in [9.17, 15) is 9.59 Å². The zero-order valence-corrected chi connectivity index (χ0v) is 17.0. The Bertz CT molecular complexity index is 1090. The van der Waals surface area contributed by atoms with E-state index < -0.39 is 5.97 Å². The lowest BCUT2D eigenvalue weighted by atomic mass is 10.1. The molecule has 0 bridgehead atoms.